The summed E-state index contributed by atoms with van der Waals surface area (Å²) in [6.07, 6.45) is 11.1. The summed E-state index contributed by atoms with van der Waals surface area (Å²) in [7, 11) is 1.92. The van der Waals surface area contributed by atoms with Crippen LogP contribution < -0.4 is 0 Å². The normalized spacial score (nSPS) is 25.1. The highest BCUT2D eigenvalue weighted by Gasteiger charge is 2.23. The van der Waals surface area contributed by atoms with Gasteiger partial charge in [0.2, 0.25) is 5.91 Å². The Labute approximate surface area is 104 Å². The molecule has 0 N–H and O–H groups in total. The summed E-state index contributed by atoms with van der Waals surface area (Å²) < 4.78 is 5.68. The number of rotatable bonds is 4. The lowest BCUT2D eigenvalue weighted by Gasteiger charge is -2.26. The molecule has 1 aliphatic heterocycles. The van der Waals surface area contributed by atoms with Gasteiger partial charge in [-0.05, 0) is 38.5 Å². The van der Waals surface area contributed by atoms with Crippen LogP contribution in [0.3, 0.4) is 0 Å². The van der Waals surface area contributed by atoms with Crippen molar-refractivity contribution in [3.05, 3.63) is 12.2 Å². The van der Waals surface area contributed by atoms with Crippen LogP contribution in [0.25, 0.3) is 0 Å². The van der Waals surface area contributed by atoms with Crippen molar-refractivity contribution >= 4 is 5.91 Å². The van der Waals surface area contributed by atoms with Gasteiger partial charge in [-0.3, -0.25) is 4.79 Å². The maximum absolute atomic E-state index is 12.1. The molecule has 2 aliphatic rings. The fourth-order valence-electron chi connectivity index (χ4n) is 2.61. The van der Waals surface area contributed by atoms with Crippen LogP contribution in [-0.2, 0) is 9.53 Å². The first kappa shape index (κ1) is 12.6. The van der Waals surface area contributed by atoms with Crippen molar-refractivity contribution in [3.8, 4) is 0 Å². The second-order valence-electron chi connectivity index (χ2n) is 5.18. The van der Waals surface area contributed by atoms with E-state index in [4.69, 9.17) is 4.74 Å². The monoisotopic (exact) mass is 237 g/mol. The van der Waals surface area contributed by atoms with Crippen LogP contribution in [0.15, 0.2) is 12.2 Å². The standard InChI is InChI=1S/C14H23NO2/c1-15(14(16)12-6-2-3-7-12)10-9-13-8-4-5-11-17-13/h2-3,12-13H,4-11H2,1H3. The molecular formula is C14H23NO2. The molecule has 1 heterocycles. The Hall–Kier alpha value is -0.830. The van der Waals surface area contributed by atoms with Gasteiger partial charge in [-0.1, -0.05) is 12.2 Å². The van der Waals surface area contributed by atoms with Crippen molar-refractivity contribution < 1.29 is 9.53 Å². The van der Waals surface area contributed by atoms with E-state index in [0.29, 0.717) is 12.0 Å². The molecule has 0 bridgehead atoms. The summed E-state index contributed by atoms with van der Waals surface area (Å²) in [6.45, 7) is 1.73. The van der Waals surface area contributed by atoms with Gasteiger partial charge < -0.3 is 9.64 Å². The number of amides is 1. The zero-order valence-corrected chi connectivity index (χ0v) is 10.7. The van der Waals surface area contributed by atoms with E-state index < -0.39 is 0 Å². The number of hydrogen-bond acceptors (Lipinski definition) is 2. The third kappa shape index (κ3) is 3.56. The highest BCUT2D eigenvalue weighted by molar-refractivity contribution is 5.79. The highest BCUT2D eigenvalue weighted by Crippen LogP contribution is 2.21. The molecular weight excluding hydrogens is 214 g/mol. The quantitative estimate of drug-likeness (QED) is 0.703. The number of carbonyl (C=O) groups is 1. The first-order chi connectivity index (χ1) is 8.27. The van der Waals surface area contributed by atoms with Crippen LogP contribution in [0.4, 0.5) is 0 Å². The van der Waals surface area contributed by atoms with Crippen LogP contribution in [0, 0.1) is 5.92 Å². The molecule has 3 nitrogen and oxygen atoms in total. The van der Waals surface area contributed by atoms with E-state index in [1.54, 1.807) is 0 Å². The lowest BCUT2D eigenvalue weighted by molar-refractivity contribution is -0.134. The van der Waals surface area contributed by atoms with Gasteiger partial charge in [0.25, 0.3) is 0 Å². The minimum absolute atomic E-state index is 0.201. The van der Waals surface area contributed by atoms with Gasteiger partial charge in [0.1, 0.15) is 0 Å². The second-order valence-corrected chi connectivity index (χ2v) is 5.18. The van der Waals surface area contributed by atoms with Crippen LogP contribution in [-0.4, -0.2) is 37.1 Å². The van der Waals surface area contributed by atoms with Crippen LogP contribution >= 0.6 is 0 Å². The maximum atomic E-state index is 12.1. The van der Waals surface area contributed by atoms with Crippen molar-refractivity contribution in [2.75, 3.05) is 20.2 Å². The molecule has 96 valence electrons. The third-order valence-corrected chi connectivity index (χ3v) is 3.79. The van der Waals surface area contributed by atoms with Crippen molar-refractivity contribution in [1.29, 1.82) is 0 Å². The van der Waals surface area contributed by atoms with Crippen LogP contribution in [0.2, 0.25) is 0 Å². The summed E-state index contributed by atoms with van der Waals surface area (Å²) in [6, 6.07) is 0. The van der Waals surface area contributed by atoms with Gasteiger partial charge in [-0.15, -0.1) is 0 Å². The fourth-order valence-corrected chi connectivity index (χ4v) is 2.61. The van der Waals surface area contributed by atoms with E-state index in [0.717, 1.165) is 38.8 Å². The number of ether oxygens (including phenoxy) is 1. The Morgan fingerprint density at radius 1 is 1.35 bits per heavy atom. The lowest BCUT2D eigenvalue weighted by Crippen LogP contribution is -2.35. The Kier molecular flexibility index (Phi) is 4.60. The van der Waals surface area contributed by atoms with Gasteiger partial charge in [0.05, 0.1) is 6.10 Å². The molecule has 0 radical (unpaired) electrons. The van der Waals surface area contributed by atoms with Crippen molar-refractivity contribution in [2.24, 2.45) is 5.92 Å². The van der Waals surface area contributed by atoms with E-state index in [9.17, 15) is 4.79 Å². The average Bonchev–Trinajstić information content (AvgIpc) is 2.90. The molecule has 1 atom stereocenters. The van der Waals surface area contributed by atoms with Gasteiger partial charge in [-0.25, -0.2) is 0 Å². The second kappa shape index (κ2) is 6.20. The van der Waals surface area contributed by atoms with E-state index in [1.807, 2.05) is 11.9 Å². The molecule has 3 heteroatoms. The molecule has 0 spiro atoms. The van der Waals surface area contributed by atoms with Crippen molar-refractivity contribution in [1.82, 2.24) is 4.90 Å². The third-order valence-electron chi connectivity index (χ3n) is 3.79. The summed E-state index contributed by atoms with van der Waals surface area (Å²) in [5.41, 5.74) is 0. The van der Waals surface area contributed by atoms with Crippen molar-refractivity contribution in [2.45, 2.75) is 44.6 Å². The topological polar surface area (TPSA) is 29.5 Å². The minimum Gasteiger partial charge on any atom is -0.378 e. The predicted octanol–water partition coefficient (Wildman–Crippen LogP) is 2.37. The lowest BCUT2D eigenvalue weighted by atomic mass is 10.0. The minimum atomic E-state index is 0.201. The molecule has 1 unspecified atom stereocenters. The smallest absolute Gasteiger partial charge is 0.226 e. The molecule has 1 amide bonds. The molecule has 1 saturated heterocycles. The van der Waals surface area contributed by atoms with E-state index in [-0.39, 0.29) is 5.92 Å². The Morgan fingerprint density at radius 3 is 2.76 bits per heavy atom. The fraction of sp³-hybridized carbons (Fsp3) is 0.786. The first-order valence-electron chi connectivity index (χ1n) is 6.79. The van der Waals surface area contributed by atoms with Crippen LogP contribution in [0.5, 0.6) is 0 Å². The van der Waals surface area contributed by atoms with E-state index in [2.05, 4.69) is 12.2 Å². The number of hydrogen-bond donors (Lipinski definition) is 0. The number of nitrogens with zero attached hydrogens (tertiary/aromatic N) is 1. The van der Waals surface area contributed by atoms with E-state index in [1.165, 1.54) is 12.8 Å². The summed E-state index contributed by atoms with van der Waals surface area (Å²) >= 11 is 0. The molecule has 0 aromatic heterocycles. The zero-order chi connectivity index (χ0) is 12.1. The summed E-state index contributed by atoms with van der Waals surface area (Å²) in [5, 5.41) is 0. The molecule has 1 fully saturated rings. The SMILES string of the molecule is CN(CCC1CCCCO1)C(=O)C1CC=CC1. The first-order valence-corrected chi connectivity index (χ1v) is 6.79. The molecule has 2 rings (SSSR count). The Bertz CT molecular complexity index is 274. The van der Waals surface area contributed by atoms with E-state index >= 15 is 0 Å². The molecule has 0 saturated carbocycles. The number of carbonyl (C=O) groups excluding carboxylic acids is 1. The summed E-state index contributed by atoms with van der Waals surface area (Å²) in [4.78, 5) is 13.9. The molecule has 0 aromatic carbocycles. The van der Waals surface area contributed by atoms with Gasteiger partial charge in [-0.2, -0.15) is 0 Å². The summed E-state index contributed by atoms with van der Waals surface area (Å²) in [5.74, 6) is 0.498. The molecule has 0 aromatic rings. The van der Waals surface area contributed by atoms with Gasteiger partial charge in [0.15, 0.2) is 0 Å². The van der Waals surface area contributed by atoms with Crippen molar-refractivity contribution in [3.63, 3.8) is 0 Å². The molecule has 17 heavy (non-hydrogen) atoms. The van der Waals surface area contributed by atoms with Gasteiger partial charge in [0, 0.05) is 26.1 Å². The van der Waals surface area contributed by atoms with Crippen LogP contribution in [0.1, 0.15) is 38.5 Å². The highest BCUT2D eigenvalue weighted by atomic mass is 16.5. The maximum Gasteiger partial charge on any atom is 0.226 e. The number of allylic oxidation sites excluding steroid dienone is 2. The predicted molar refractivity (Wildman–Crippen MR) is 67.7 cm³/mol. The zero-order valence-electron chi connectivity index (χ0n) is 10.7. The average molecular weight is 237 g/mol. The Morgan fingerprint density at radius 2 is 2.12 bits per heavy atom. The molecule has 1 aliphatic carbocycles. The van der Waals surface area contributed by atoms with Gasteiger partial charge >= 0.3 is 0 Å². The Balaban J connectivity index is 1.68. The largest absolute Gasteiger partial charge is 0.378 e.